The highest BCUT2D eigenvalue weighted by Gasteiger charge is 2.44. The lowest BCUT2D eigenvalue weighted by atomic mass is 9.82. The van der Waals surface area contributed by atoms with Crippen LogP contribution in [0.15, 0.2) is 78.9 Å². The van der Waals surface area contributed by atoms with Crippen LogP contribution in [-0.4, -0.2) is 74.9 Å². The molecule has 0 saturated carbocycles. The smallest absolute Gasteiger partial charge is 0.453 e. The molecule has 2 saturated heterocycles. The highest BCUT2D eigenvalue weighted by molar-refractivity contribution is 5.44. The Balaban J connectivity index is 1.35. The summed E-state index contributed by atoms with van der Waals surface area (Å²) in [6.07, 6.45) is -3.79. The summed E-state index contributed by atoms with van der Waals surface area (Å²) in [6, 6.07) is 26.5. The van der Waals surface area contributed by atoms with Crippen LogP contribution >= 0.6 is 0 Å². The van der Waals surface area contributed by atoms with Crippen LogP contribution in [0, 0.1) is 0 Å². The van der Waals surface area contributed by atoms with Crippen molar-refractivity contribution in [1.82, 2.24) is 30.0 Å². The van der Waals surface area contributed by atoms with Gasteiger partial charge in [-0.25, -0.2) is 0 Å². The van der Waals surface area contributed by atoms with E-state index >= 15 is 0 Å². The Kier molecular flexibility index (Phi) is 7.50. The van der Waals surface area contributed by atoms with Gasteiger partial charge >= 0.3 is 6.18 Å². The van der Waals surface area contributed by atoms with Crippen molar-refractivity contribution in [3.8, 4) is 11.4 Å². The number of hydrogen-bond acceptors (Lipinski definition) is 7. The maximum Gasteiger partial charge on any atom is 0.453 e. The first-order chi connectivity index (χ1) is 19.8. The van der Waals surface area contributed by atoms with Crippen molar-refractivity contribution in [1.29, 1.82) is 0 Å². The lowest BCUT2D eigenvalue weighted by Crippen LogP contribution is -2.58. The third-order valence-corrected chi connectivity index (χ3v) is 8.16. The van der Waals surface area contributed by atoms with Crippen molar-refractivity contribution in [2.75, 3.05) is 26.7 Å². The second kappa shape index (κ2) is 11.2. The van der Waals surface area contributed by atoms with E-state index in [4.69, 9.17) is 10.5 Å². The van der Waals surface area contributed by atoms with Crippen molar-refractivity contribution in [2.45, 2.75) is 43.2 Å². The van der Waals surface area contributed by atoms with E-state index in [0.29, 0.717) is 12.3 Å². The zero-order valence-electron chi connectivity index (χ0n) is 22.7. The van der Waals surface area contributed by atoms with E-state index in [1.807, 2.05) is 12.1 Å². The molecule has 1 aromatic heterocycles. The van der Waals surface area contributed by atoms with E-state index in [-0.39, 0.29) is 29.7 Å². The first-order valence-electron chi connectivity index (χ1n) is 13.7. The van der Waals surface area contributed by atoms with Gasteiger partial charge in [-0.05, 0) is 46.2 Å². The van der Waals surface area contributed by atoms with Gasteiger partial charge in [0, 0.05) is 55.8 Å². The van der Waals surface area contributed by atoms with Gasteiger partial charge < -0.3 is 10.5 Å². The normalized spacial score (nSPS) is 21.8. The molecular weight excluding hydrogens is 531 g/mol. The van der Waals surface area contributed by atoms with E-state index in [9.17, 15) is 13.2 Å². The summed E-state index contributed by atoms with van der Waals surface area (Å²) in [6.45, 7) is 2.88. The highest BCUT2D eigenvalue weighted by Crippen LogP contribution is 2.38. The van der Waals surface area contributed by atoms with Gasteiger partial charge in [0.15, 0.2) is 0 Å². The zero-order chi connectivity index (χ0) is 28.6. The van der Waals surface area contributed by atoms with Crippen LogP contribution in [0.5, 0.6) is 5.75 Å². The third-order valence-electron chi connectivity index (χ3n) is 8.16. The molecule has 6 rings (SSSR count). The van der Waals surface area contributed by atoms with Crippen molar-refractivity contribution in [3.63, 3.8) is 0 Å². The number of ether oxygens (including phenoxy) is 1. The number of tetrazole rings is 1. The van der Waals surface area contributed by atoms with E-state index in [0.717, 1.165) is 36.3 Å². The first kappa shape index (κ1) is 27.4. The first-order valence-corrected chi connectivity index (χ1v) is 13.7. The maximum atomic E-state index is 13.5. The monoisotopic (exact) mass is 563 g/mol. The summed E-state index contributed by atoms with van der Waals surface area (Å²) < 4.78 is 46.9. The number of methoxy groups -OCH3 is 1. The minimum atomic E-state index is -4.68. The number of nitrogens with two attached hydrogens (primary N) is 1. The van der Waals surface area contributed by atoms with Crippen LogP contribution < -0.4 is 10.5 Å². The number of halogens is 3. The minimum Gasteiger partial charge on any atom is -0.496 e. The third kappa shape index (κ3) is 5.57. The molecule has 0 unspecified atom stereocenters. The molecule has 3 aromatic carbocycles. The summed E-state index contributed by atoms with van der Waals surface area (Å²) in [7, 11) is 1.56. The Labute approximate surface area is 236 Å². The summed E-state index contributed by atoms with van der Waals surface area (Å²) >= 11 is 0. The van der Waals surface area contributed by atoms with Gasteiger partial charge in [0.05, 0.1) is 12.8 Å². The SMILES string of the molecule is COc1ccc(-n2nnnc2C(F)(F)F)cc1CN1C[C@@H]2C[C@H](N)CN2[C@H](C(c2ccccc2)c2ccccc2)C1. The molecule has 2 fully saturated rings. The Morgan fingerprint density at radius 2 is 1.63 bits per heavy atom. The van der Waals surface area contributed by atoms with Gasteiger partial charge in [-0.3, -0.25) is 9.80 Å². The van der Waals surface area contributed by atoms with Gasteiger partial charge in [0.2, 0.25) is 0 Å². The molecule has 0 radical (unpaired) electrons. The molecule has 11 heteroatoms. The predicted octanol–water partition coefficient (Wildman–Crippen LogP) is 4.11. The summed E-state index contributed by atoms with van der Waals surface area (Å²) in [4.78, 5) is 4.94. The van der Waals surface area contributed by atoms with Crippen molar-refractivity contribution >= 4 is 0 Å². The van der Waals surface area contributed by atoms with E-state index in [2.05, 4.69) is 73.9 Å². The molecule has 2 aliphatic rings. The fourth-order valence-electron chi connectivity index (χ4n) is 6.49. The Morgan fingerprint density at radius 1 is 0.951 bits per heavy atom. The maximum absolute atomic E-state index is 13.5. The molecule has 0 spiro atoms. The lowest BCUT2D eigenvalue weighted by molar-refractivity contribution is -0.146. The summed E-state index contributed by atoms with van der Waals surface area (Å²) in [5, 5.41) is 10.1. The van der Waals surface area contributed by atoms with E-state index < -0.39 is 12.0 Å². The average Bonchev–Trinajstić information content (AvgIpc) is 3.61. The minimum absolute atomic E-state index is 0.0908. The fourth-order valence-corrected chi connectivity index (χ4v) is 6.49. The van der Waals surface area contributed by atoms with Gasteiger partial charge in [-0.2, -0.15) is 17.9 Å². The Morgan fingerprint density at radius 3 is 2.27 bits per heavy atom. The van der Waals surface area contributed by atoms with E-state index in [1.54, 1.807) is 19.2 Å². The van der Waals surface area contributed by atoms with Crippen LogP contribution in [0.1, 0.15) is 34.9 Å². The number of nitrogens with zero attached hydrogens (tertiary/aromatic N) is 6. The van der Waals surface area contributed by atoms with Gasteiger partial charge in [-0.1, -0.05) is 60.7 Å². The van der Waals surface area contributed by atoms with Gasteiger partial charge in [-0.15, -0.1) is 5.10 Å². The number of alkyl halides is 3. The number of rotatable bonds is 7. The molecule has 2 N–H and O–H groups in total. The standard InChI is InChI=1S/C30H32F3N7O/c1-41-27-13-12-24(40-29(30(31,32)33)35-36-37-40)14-22(27)16-38-18-25-15-23(34)17-39(25)26(19-38)28(20-8-4-2-5-9-20)21-10-6-3-7-11-21/h2-14,23,25-26,28H,15-19,34H2,1H3/t23-,25-,26-/m0/s1. The topological polar surface area (TPSA) is 85.3 Å². The number of aromatic nitrogens is 4. The highest BCUT2D eigenvalue weighted by atomic mass is 19.4. The number of piperazine rings is 1. The molecule has 4 aromatic rings. The van der Waals surface area contributed by atoms with Crippen LogP contribution in [0.25, 0.3) is 5.69 Å². The molecule has 3 atom stereocenters. The van der Waals surface area contributed by atoms with Crippen LogP contribution in [-0.2, 0) is 12.7 Å². The average molecular weight is 564 g/mol. The molecule has 2 aliphatic heterocycles. The molecular formula is C30H32F3N7O. The van der Waals surface area contributed by atoms with Crippen molar-refractivity contribution in [3.05, 3.63) is 101 Å². The van der Waals surface area contributed by atoms with Crippen molar-refractivity contribution in [2.24, 2.45) is 5.73 Å². The molecule has 0 aliphatic carbocycles. The number of fused-ring (bicyclic) bond motifs is 1. The van der Waals surface area contributed by atoms with Crippen LogP contribution in [0.4, 0.5) is 13.2 Å². The Bertz CT molecular complexity index is 1420. The second-order valence-electron chi connectivity index (χ2n) is 10.8. The molecule has 8 nitrogen and oxygen atoms in total. The molecule has 41 heavy (non-hydrogen) atoms. The second-order valence-corrected chi connectivity index (χ2v) is 10.8. The quantitative estimate of drug-likeness (QED) is 0.362. The number of benzene rings is 3. The van der Waals surface area contributed by atoms with Crippen LogP contribution in [0.3, 0.4) is 0 Å². The van der Waals surface area contributed by atoms with Crippen molar-refractivity contribution < 1.29 is 17.9 Å². The van der Waals surface area contributed by atoms with E-state index in [1.165, 1.54) is 17.2 Å². The summed E-state index contributed by atoms with van der Waals surface area (Å²) in [5.41, 5.74) is 9.97. The fraction of sp³-hybridized carbons (Fsp3) is 0.367. The number of hydrogen-bond donors (Lipinski definition) is 1. The Hall–Kier alpha value is -3.80. The molecule has 214 valence electrons. The zero-order valence-corrected chi connectivity index (χ0v) is 22.7. The predicted molar refractivity (Wildman–Crippen MR) is 148 cm³/mol. The van der Waals surface area contributed by atoms with Gasteiger partial charge in [0.25, 0.3) is 5.82 Å². The molecule has 3 heterocycles. The largest absolute Gasteiger partial charge is 0.496 e. The molecule has 0 bridgehead atoms. The molecule has 0 amide bonds. The van der Waals surface area contributed by atoms with Crippen LogP contribution in [0.2, 0.25) is 0 Å². The van der Waals surface area contributed by atoms with Gasteiger partial charge in [0.1, 0.15) is 5.75 Å². The summed E-state index contributed by atoms with van der Waals surface area (Å²) in [5.74, 6) is -0.451. The lowest BCUT2D eigenvalue weighted by Gasteiger charge is -2.47.